The van der Waals surface area contributed by atoms with Crippen molar-refractivity contribution in [1.29, 1.82) is 0 Å². The van der Waals surface area contributed by atoms with Crippen LogP contribution in [0.3, 0.4) is 0 Å². The van der Waals surface area contributed by atoms with Crippen molar-refractivity contribution in [2.75, 3.05) is 13.1 Å². The monoisotopic (exact) mass is 296 g/mol. The number of hydrogen-bond acceptors (Lipinski definition) is 4. The van der Waals surface area contributed by atoms with Gasteiger partial charge in [0.25, 0.3) is 0 Å². The summed E-state index contributed by atoms with van der Waals surface area (Å²) in [6.07, 6.45) is 2.58. The summed E-state index contributed by atoms with van der Waals surface area (Å²) in [5.74, 6) is -0.757. The van der Waals surface area contributed by atoms with E-state index < -0.39 is 11.4 Å². The Hall–Kier alpha value is -1.43. The highest BCUT2D eigenvalue weighted by Crippen LogP contribution is 2.30. The van der Waals surface area contributed by atoms with Crippen molar-refractivity contribution >= 4 is 23.2 Å². The van der Waals surface area contributed by atoms with Crippen LogP contribution in [0.5, 0.6) is 0 Å². The fourth-order valence-corrected chi connectivity index (χ4v) is 3.10. The van der Waals surface area contributed by atoms with Crippen LogP contribution in [0.1, 0.15) is 36.9 Å². The summed E-state index contributed by atoms with van der Waals surface area (Å²) >= 11 is 1.62. The lowest BCUT2D eigenvalue weighted by Gasteiger charge is -2.20. The predicted octanol–water partition coefficient (Wildman–Crippen LogP) is 2.10. The largest absolute Gasteiger partial charge is 0.481 e. The fourth-order valence-electron chi connectivity index (χ4n) is 2.45. The molecule has 20 heavy (non-hydrogen) atoms. The van der Waals surface area contributed by atoms with Crippen LogP contribution in [0.4, 0.5) is 0 Å². The zero-order valence-corrected chi connectivity index (χ0v) is 12.7. The molecule has 0 aromatic carbocycles. The maximum absolute atomic E-state index is 12.1. The lowest BCUT2D eigenvalue weighted by atomic mass is 9.90. The van der Waals surface area contributed by atoms with Crippen LogP contribution in [-0.4, -0.2) is 40.0 Å². The average molecular weight is 296 g/mol. The molecule has 0 bridgehead atoms. The average Bonchev–Trinajstić information content (AvgIpc) is 2.97. The van der Waals surface area contributed by atoms with E-state index in [9.17, 15) is 9.59 Å². The van der Waals surface area contributed by atoms with Gasteiger partial charge in [-0.2, -0.15) is 0 Å². The van der Waals surface area contributed by atoms with E-state index in [1.165, 1.54) is 0 Å². The molecule has 1 aliphatic rings. The third-order valence-corrected chi connectivity index (χ3v) is 4.65. The SMILES string of the molecule is Cc1nc(CCCC(=O)N2CCC(C)(C(=O)O)C2)cs1. The molecule has 1 aliphatic heterocycles. The van der Waals surface area contributed by atoms with E-state index in [1.807, 2.05) is 12.3 Å². The molecule has 1 N–H and O–H groups in total. The molecule has 110 valence electrons. The molecule has 1 amide bonds. The maximum atomic E-state index is 12.1. The van der Waals surface area contributed by atoms with Gasteiger partial charge in [-0.3, -0.25) is 9.59 Å². The van der Waals surface area contributed by atoms with Gasteiger partial charge in [-0.1, -0.05) is 0 Å². The quantitative estimate of drug-likeness (QED) is 0.903. The number of amides is 1. The minimum Gasteiger partial charge on any atom is -0.481 e. The highest BCUT2D eigenvalue weighted by molar-refractivity contribution is 7.09. The van der Waals surface area contributed by atoms with Gasteiger partial charge in [-0.05, 0) is 33.1 Å². The van der Waals surface area contributed by atoms with E-state index in [0.29, 0.717) is 25.9 Å². The van der Waals surface area contributed by atoms with Crippen LogP contribution in [0, 0.1) is 12.3 Å². The first-order chi connectivity index (χ1) is 9.40. The van der Waals surface area contributed by atoms with Gasteiger partial charge in [0.1, 0.15) is 0 Å². The fraction of sp³-hybridized carbons (Fsp3) is 0.643. The van der Waals surface area contributed by atoms with E-state index in [1.54, 1.807) is 23.2 Å². The number of thiazole rings is 1. The highest BCUT2D eigenvalue weighted by Gasteiger charge is 2.41. The number of carbonyl (C=O) groups is 2. The van der Waals surface area contributed by atoms with Gasteiger partial charge in [0.15, 0.2) is 0 Å². The molecular weight excluding hydrogens is 276 g/mol. The van der Waals surface area contributed by atoms with Crippen LogP contribution in [0.15, 0.2) is 5.38 Å². The molecule has 0 saturated carbocycles. The number of carboxylic acids is 1. The van der Waals surface area contributed by atoms with Crippen LogP contribution < -0.4 is 0 Å². The Morgan fingerprint density at radius 1 is 1.55 bits per heavy atom. The van der Waals surface area contributed by atoms with Crippen molar-refractivity contribution in [3.05, 3.63) is 16.1 Å². The Morgan fingerprint density at radius 3 is 2.85 bits per heavy atom. The van der Waals surface area contributed by atoms with E-state index in [0.717, 1.165) is 23.5 Å². The van der Waals surface area contributed by atoms with Crippen molar-refractivity contribution in [1.82, 2.24) is 9.88 Å². The van der Waals surface area contributed by atoms with E-state index in [-0.39, 0.29) is 5.91 Å². The summed E-state index contributed by atoms with van der Waals surface area (Å²) < 4.78 is 0. The normalized spacial score (nSPS) is 22.2. The zero-order valence-electron chi connectivity index (χ0n) is 11.9. The van der Waals surface area contributed by atoms with E-state index in [4.69, 9.17) is 5.11 Å². The molecule has 6 heteroatoms. The third kappa shape index (κ3) is 3.36. The van der Waals surface area contributed by atoms with Crippen LogP contribution in [0.2, 0.25) is 0 Å². The minimum atomic E-state index is -0.814. The second-order valence-corrected chi connectivity index (χ2v) is 6.70. The Balaban J connectivity index is 1.77. The smallest absolute Gasteiger partial charge is 0.311 e. The summed E-state index contributed by atoms with van der Waals surface area (Å²) in [5, 5.41) is 12.2. The number of nitrogens with zero attached hydrogens (tertiary/aromatic N) is 2. The standard InChI is InChI=1S/C14H20N2O3S/c1-10-15-11(8-20-10)4-3-5-12(17)16-7-6-14(2,9-16)13(18)19/h8H,3-7,9H2,1-2H3,(H,18,19). The van der Waals surface area contributed by atoms with Gasteiger partial charge in [0.2, 0.25) is 5.91 Å². The summed E-state index contributed by atoms with van der Waals surface area (Å²) in [6, 6.07) is 0. The number of aromatic nitrogens is 1. The number of hydrogen-bond donors (Lipinski definition) is 1. The van der Waals surface area contributed by atoms with Crippen molar-refractivity contribution in [3.8, 4) is 0 Å². The van der Waals surface area contributed by atoms with Crippen molar-refractivity contribution in [2.24, 2.45) is 5.41 Å². The molecule has 1 aromatic rings. The topological polar surface area (TPSA) is 70.5 Å². The summed E-state index contributed by atoms with van der Waals surface area (Å²) in [4.78, 5) is 29.3. The van der Waals surface area contributed by atoms with Crippen molar-refractivity contribution < 1.29 is 14.7 Å². The molecule has 5 nitrogen and oxygen atoms in total. The first kappa shape index (κ1) is 15.0. The maximum Gasteiger partial charge on any atom is 0.311 e. The minimum absolute atomic E-state index is 0.0573. The first-order valence-corrected chi connectivity index (χ1v) is 7.71. The second kappa shape index (κ2) is 5.91. The molecule has 1 fully saturated rings. The molecule has 1 saturated heterocycles. The lowest BCUT2D eigenvalue weighted by Crippen LogP contribution is -2.34. The van der Waals surface area contributed by atoms with Gasteiger partial charge in [0, 0.05) is 24.9 Å². The third-order valence-electron chi connectivity index (χ3n) is 3.83. The first-order valence-electron chi connectivity index (χ1n) is 6.83. The summed E-state index contributed by atoms with van der Waals surface area (Å²) in [7, 11) is 0. The van der Waals surface area contributed by atoms with Crippen LogP contribution in [0.25, 0.3) is 0 Å². The number of rotatable bonds is 5. The van der Waals surface area contributed by atoms with Gasteiger partial charge in [0.05, 0.1) is 16.1 Å². The summed E-state index contributed by atoms with van der Waals surface area (Å²) in [5.41, 5.74) is 0.263. The Morgan fingerprint density at radius 2 is 2.30 bits per heavy atom. The predicted molar refractivity (Wildman–Crippen MR) is 76.7 cm³/mol. The number of carboxylic acid groups (broad SMARTS) is 1. The number of aryl methyl sites for hydroxylation is 2. The van der Waals surface area contributed by atoms with Crippen molar-refractivity contribution in [2.45, 2.75) is 39.5 Å². The van der Waals surface area contributed by atoms with Gasteiger partial charge in [-0.25, -0.2) is 4.98 Å². The van der Waals surface area contributed by atoms with E-state index >= 15 is 0 Å². The van der Waals surface area contributed by atoms with Gasteiger partial charge in [-0.15, -0.1) is 11.3 Å². The molecule has 1 aromatic heterocycles. The number of aliphatic carboxylic acids is 1. The van der Waals surface area contributed by atoms with E-state index in [2.05, 4.69) is 4.98 Å². The molecule has 2 heterocycles. The summed E-state index contributed by atoms with van der Waals surface area (Å²) in [6.45, 7) is 4.56. The van der Waals surface area contributed by atoms with Crippen LogP contribution in [-0.2, 0) is 16.0 Å². The van der Waals surface area contributed by atoms with Gasteiger partial charge < -0.3 is 10.0 Å². The molecule has 0 spiro atoms. The number of likely N-dealkylation sites (tertiary alicyclic amines) is 1. The molecule has 2 rings (SSSR count). The number of carbonyl (C=O) groups excluding carboxylic acids is 1. The Bertz CT molecular complexity index is 514. The molecule has 0 aliphatic carbocycles. The lowest BCUT2D eigenvalue weighted by molar-refractivity contribution is -0.147. The Labute approximate surface area is 122 Å². The molecule has 1 atom stereocenters. The van der Waals surface area contributed by atoms with Crippen LogP contribution >= 0.6 is 11.3 Å². The molecule has 0 radical (unpaired) electrons. The Kier molecular flexibility index (Phi) is 4.42. The molecular formula is C14H20N2O3S. The highest BCUT2D eigenvalue weighted by atomic mass is 32.1. The van der Waals surface area contributed by atoms with Gasteiger partial charge >= 0.3 is 5.97 Å². The zero-order chi connectivity index (χ0) is 14.8. The van der Waals surface area contributed by atoms with Crippen molar-refractivity contribution in [3.63, 3.8) is 0 Å². The molecule has 1 unspecified atom stereocenters. The second-order valence-electron chi connectivity index (χ2n) is 5.64.